The van der Waals surface area contributed by atoms with E-state index < -0.39 is 0 Å². The molecule has 1 aromatic carbocycles. The van der Waals surface area contributed by atoms with Gasteiger partial charge >= 0.3 is 0 Å². The van der Waals surface area contributed by atoms with E-state index in [0.29, 0.717) is 5.88 Å². The minimum Gasteiger partial charge on any atom is -0.328 e. The summed E-state index contributed by atoms with van der Waals surface area (Å²) in [5.74, 6) is 5.11. The van der Waals surface area contributed by atoms with Gasteiger partial charge in [0.2, 0.25) is 0 Å². The van der Waals surface area contributed by atoms with E-state index in [1.54, 1.807) is 0 Å². The van der Waals surface area contributed by atoms with Crippen molar-refractivity contribution in [2.45, 2.75) is 19.4 Å². The third-order valence-electron chi connectivity index (χ3n) is 3.57. The standard InChI is InChI=1S/C14H16BrClN2S/c15-11-1-2-13-12(7-11)17-14(3-5-16)18(13)8-10-4-6-19-9-10/h1-2,7,10H,3-6,8-9H2. The van der Waals surface area contributed by atoms with Gasteiger partial charge < -0.3 is 4.57 Å². The third-order valence-corrected chi connectivity index (χ3v) is 5.49. The number of nitrogens with zero attached hydrogens (tertiary/aromatic N) is 2. The van der Waals surface area contributed by atoms with Crippen molar-refractivity contribution in [1.29, 1.82) is 0 Å². The molecule has 1 aliphatic heterocycles. The summed E-state index contributed by atoms with van der Waals surface area (Å²) >= 11 is 11.5. The minimum atomic E-state index is 0.629. The summed E-state index contributed by atoms with van der Waals surface area (Å²) in [6.45, 7) is 1.08. The van der Waals surface area contributed by atoms with Crippen molar-refractivity contribution < 1.29 is 0 Å². The summed E-state index contributed by atoms with van der Waals surface area (Å²) in [4.78, 5) is 4.75. The molecule has 0 N–H and O–H groups in total. The predicted molar refractivity (Wildman–Crippen MR) is 87.3 cm³/mol. The highest BCUT2D eigenvalue weighted by Crippen LogP contribution is 2.28. The molecule has 0 aliphatic carbocycles. The number of hydrogen-bond acceptors (Lipinski definition) is 2. The number of thioether (sulfide) groups is 1. The SMILES string of the molecule is ClCCc1nc2cc(Br)ccc2n1CC1CCSC1. The minimum absolute atomic E-state index is 0.629. The number of benzene rings is 1. The second-order valence-electron chi connectivity index (χ2n) is 4.94. The van der Waals surface area contributed by atoms with E-state index in [2.05, 4.69) is 50.5 Å². The van der Waals surface area contributed by atoms with Crippen LogP contribution in [0.25, 0.3) is 11.0 Å². The van der Waals surface area contributed by atoms with E-state index in [1.165, 1.54) is 23.4 Å². The summed E-state index contributed by atoms with van der Waals surface area (Å²) in [5, 5.41) is 0. The van der Waals surface area contributed by atoms with Gasteiger partial charge in [0.05, 0.1) is 11.0 Å². The van der Waals surface area contributed by atoms with Crippen LogP contribution in [0.15, 0.2) is 22.7 Å². The quantitative estimate of drug-likeness (QED) is 0.756. The van der Waals surface area contributed by atoms with E-state index in [0.717, 1.165) is 34.7 Å². The van der Waals surface area contributed by atoms with Crippen LogP contribution in [0, 0.1) is 5.92 Å². The molecule has 0 saturated carbocycles. The molecule has 1 aromatic heterocycles. The van der Waals surface area contributed by atoms with Crippen molar-refractivity contribution in [3.05, 3.63) is 28.5 Å². The summed E-state index contributed by atoms with van der Waals surface area (Å²) in [7, 11) is 0. The Morgan fingerprint density at radius 1 is 1.47 bits per heavy atom. The van der Waals surface area contributed by atoms with Gasteiger partial charge in [0.1, 0.15) is 5.82 Å². The maximum absolute atomic E-state index is 5.92. The highest BCUT2D eigenvalue weighted by molar-refractivity contribution is 9.10. The maximum Gasteiger partial charge on any atom is 0.111 e. The van der Waals surface area contributed by atoms with E-state index in [4.69, 9.17) is 16.6 Å². The maximum atomic E-state index is 5.92. The highest BCUT2D eigenvalue weighted by Gasteiger charge is 2.19. The molecule has 2 aromatic rings. The summed E-state index contributed by atoms with van der Waals surface area (Å²) in [6, 6.07) is 6.34. The Hall–Kier alpha value is -0.190. The Kier molecular flexibility index (Phi) is 4.40. The zero-order chi connectivity index (χ0) is 13.2. The molecule has 5 heteroatoms. The van der Waals surface area contributed by atoms with Gasteiger partial charge in [-0.1, -0.05) is 15.9 Å². The molecule has 0 radical (unpaired) electrons. The molecule has 0 bridgehead atoms. The van der Waals surface area contributed by atoms with Gasteiger partial charge in [-0.3, -0.25) is 0 Å². The van der Waals surface area contributed by atoms with Gasteiger partial charge in [0.25, 0.3) is 0 Å². The number of rotatable bonds is 4. The Labute approximate surface area is 131 Å². The zero-order valence-corrected chi connectivity index (χ0v) is 13.8. The Morgan fingerprint density at radius 3 is 3.11 bits per heavy atom. The Balaban J connectivity index is 2.00. The number of fused-ring (bicyclic) bond motifs is 1. The molecule has 1 atom stereocenters. The summed E-state index contributed by atoms with van der Waals surface area (Å²) in [5.41, 5.74) is 2.31. The monoisotopic (exact) mass is 358 g/mol. The second-order valence-corrected chi connectivity index (χ2v) is 7.38. The molecule has 1 unspecified atom stereocenters. The molecular formula is C14H16BrClN2S. The van der Waals surface area contributed by atoms with Gasteiger partial charge in [0.15, 0.2) is 0 Å². The lowest BCUT2D eigenvalue weighted by Crippen LogP contribution is -2.13. The van der Waals surface area contributed by atoms with Crippen LogP contribution in [0.3, 0.4) is 0 Å². The first-order chi connectivity index (χ1) is 9.28. The molecule has 1 fully saturated rings. The van der Waals surface area contributed by atoms with Crippen LogP contribution in [-0.2, 0) is 13.0 Å². The molecule has 3 rings (SSSR count). The topological polar surface area (TPSA) is 17.8 Å². The van der Waals surface area contributed by atoms with Gasteiger partial charge in [-0.05, 0) is 42.0 Å². The number of hydrogen-bond donors (Lipinski definition) is 0. The first kappa shape index (κ1) is 13.8. The first-order valence-corrected chi connectivity index (χ1v) is 9.04. The number of aromatic nitrogens is 2. The van der Waals surface area contributed by atoms with Gasteiger partial charge in [-0.25, -0.2) is 4.98 Å². The van der Waals surface area contributed by atoms with Crippen molar-refractivity contribution >= 4 is 50.3 Å². The largest absolute Gasteiger partial charge is 0.328 e. The normalized spacial score (nSPS) is 19.4. The average molecular weight is 360 g/mol. The first-order valence-electron chi connectivity index (χ1n) is 6.56. The van der Waals surface area contributed by atoms with Crippen molar-refractivity contribution in [3.63, 3.8) is 0 Å². The average Bonchev–Trinajstić information content (AvgIpc) is 2.99. The van der Waals surface area contributed by atoms with Crippen LogP contribution in [0.2, 0.25) is 0 Å². The van der Waals surface area contributed by atoms with Crippen LogP contribution in [0.4, 0.5) is 0 Å². The lowest BCUT2D eigenvalue weighted by atomic mass is 10.1. The highest BCUT2D eigenvalue weighted by atomic mass is 79.9. The van der Waals surface area contributed by atoms with Crippen LogP contribution in [0.5, 0.6) is 0 Å². The number of halogens is 2. The molecule has 0 amide bonds. The molecule has 2 nitrogen and oxygen atoms in total. The van der Waals surface area contributed by atoms with Gasteiger partial charge in [-0.15, -0.1) is 11.6 Å². The number of imidazole rings is 1. The van der Waals surface area contributed by atoms with Crippen molar-refractivity contribution in [3.8, 4) is 0 Å². The fourth-order valence-electron chi connectivity index (χ4n) is 2.62. The molecular weight excluding hydrogens is 344 g/mol. The zero-order valence-electron chi connectivity index (χ0n) is 10.6. The smallest absolute Gasteiger partial charge is 0.111 e. The van der Waals surface area contributed by atoms with Crippen LogP contribution in [0.1, 0.15) is 12.2 Å². The fourth-order valence-corrected chi connectivity index (χ4v) is 4.41. The van der Waals surface area contributed by atoms with Crippen LogP contribution in [-0.4, -0.2) is 26.9 Å². The number of aryl methyl sites for hydroxylation is 1. The lowest BCUT2D eigenvalue weighted by Gasteiger charge is -2.13. The molecule has 0 spiro atoms. The van der Waals surface area contributed by atoms with Crippen LogP contribution < -0.4 is 0 Å². The molecule has 1 saturated heterocycles. The Morgan fingerprint density at radius 2 is 2.37 bits per heavy atom. The van der Waals surface area contributed by atoms with Gasteiger partial charge in [-0.2, -0.15) is 11.8 Å². The Bertz CT molecular complexity index is 578. The predicted octanol–water partition coefficient (Wildman–Crippen LogP) is 4.33. The van der Waals surface area contributed by atoms with Gasteiger partial charge in [0, 0.05) is 23.3 Å². The fraction of sp³-hybridized carbons (Fsp3) is 0.500. The van der Waals surface area contributed by atoms with Crippen molar-refractivity contribution in [2.24, 2.45) is 5.92 Å². The summed E-state index contributed by atoms with van der Waals surface area (Å²) < 4.78 is 3.46. The number of alkyl halides is 1. The van der Waals surface area contributed by atoms with Crippen LogP contribution >= 0.6 is 39.3 Å². The lowest BCUT2D eigenvalue weighted by molar-refractivity contribution is 0.490. The molecule has 102 valence electrons. The van der Waals surface area contributed by atoms with E-state index in [-0.39, 0.29) is 0 Å². The van der Waals surface area contributed by atoms with E-state index in [1.807, 2.05) is 0 Å². The second kappa shape index (κ2) is 6.06. The molecule has 1 aliphatic rings. The van der Waals surface area contributed by atoms with E-state index in [9.17, 15) is 0 Å². The molecule has 2 heterocycles. The summed E-state index contributed by atoms with van der Waals surface area (Å²) in [6.07, 6.45) is 2.16. The third kappa shape index (κ3) is 2.96. The van der Waals surface area contributed by atoms with E-state index >= 15 is 0 Å². The van der Waals surface area contributed by atoms with Crippen molar-refractivity contribution in [2.75, 3.05) is 17.4 Å². The van der Waals surface area contributed by atoms with Crippen molar-refractivity contribution in [1.82, 2.24) is 9.55 Å². The molecule has 19 heavy (non-hydrogen) atoms.